The topological polar surface area (TPSA) is 53.0 Å². The van der Waals surface area contributed by atoms with Crippen molar-refractivity contribution < 1.29 is 4.74 Å². The maximum atomic E-state index is 5.10. The van der Waals surface area contributed by atoms with Crippen LogP contribution >= 0.6 is 0 Å². The third-order valence-electron chi connectivity index (χ3n) is 4.45. The molecule has 6 nitrogen and oxygen atoms in total. The van der Waals surface area contributed by atoms with E-state index >= 15 is 0 Å². The molecule has 0 saturated carbocycles. The molecule has 1 aliphatic heterocycles. The van der Waals surface area contributed by atoms with Crippen LogP contribution in [0.1, 0.15) is 12.5 Å². The van der Waals surface area contributed by atoms with Gasteiger partial charge < -0.3 is 19.9 Å². The number of hydrogen-bond acceptors (Lipinski definition) is 4. The van der Waals surface area contributed by atoms with Crippen LogP contribution in [-0.2, 0) is 6.54 Å². The number of rotatable bonds is 5. The minimum absolute atomic E-state index is 0.609. The molecule has 3 rings (SSSR count). The van der Waals surface area contributed by atoms with Gasteiger partial charge in [0.1, 0.15) is 0 Å². The molecule has 0 atom stereocenters. The molecule has 1 aliphatic rings. The number of aliphatic imine (C=N–C) groups is 1. The fraction of sp³-hybridized carbons (Fsp3) is 0.400. The van der Waals surface area contributed by atoms with Crippen molar-refractivity contribution >= 4 is 11.6 Å². The van der Waals surface area contributed by atoms with Crippen molar-refractivity contribution in [2.45, 2.75) is 13.5 Å². The monoisotopic (exact) mass is 353 g/mol. The Morgan fingerprint density at radius 1 is 1.12 bits per heavy atom. The van der Waals surface area contributed by atoms with Gasteiger partial charge in [-0.2, -0.15) is 0 Å². The van der Waals surface area contributed by atoms with Crippen molar-refractivity contribution in [3.05, 3.63) is 54.2 Å². The van der Waals surface area contributed by atoms with Crippen molar-refractivity contribution in [3.8, 4) is 5.88 Å². The highest BCUT2D eigenvalue weighted by Gasteiger charge is 2.19. The van der Waals surface area contributed by atoms with Gasteiger partial charge in [0, 0.05) is 50.7 Å². The molecule has 0 aliphatic carbocycles. The second kappa shape index (κ2) is 9.08. The average Bonchev–Trinajstić information content (AvgIpc) is 2.72. The molecule has 2 heterocycles. The first-order valence-corrected chi connectivity index (χ1v) is 9.12. The Morgan fingerprint density at radius 3 is 2.50 bits per heavy atom. The average molecular weight is 353 g/mol. The Kier molecular flexibility index (Phi) is 6.30. The van der Waals surface area contributed by atoms with Crippen LogP contribution in [0.3, 0.4) is 0 Å². The van der Waals surface area contributed by atoms with Crippen LogP contribution in [0.25, 0.3) is 0 Å². The van der Waals surface area contributed by atoms with Crippen LogP contribution in [0.4, 0.5) is 5.69 Å². The van der Waals surface area contributed by atoms with Gasteiger partial charge in [-0.25, -0.2) is 9.98 Å². The van der Waals surface area contributed by atoms with E-state index in [0.29, 0.717) is 12.4 Å². The van der Waals surface area contributed by atoms with Gasteiger partial charge in [0.2, 0.25) is 5.88 Å². The van der Waals surface area contributed by atoms with Crippen LogP contribution < -0.4 is 15.0 Å². The summed E-state index contributed by atoms with van der Waals surface area (Å²) < 4.78 is 5.10. The number of piperazine rings is 1. The number of benzene rings is 1. The van der Waals surface area contributed by atoms with Crippen LogP contribution in [-0.4, -0.2) is 55.7 Å². The molecule has 2 aromatic rings. The molecule has 1 saturated heterocycles. The van der Waals surface area contributed by atoms with Gasteiger partial charge in [0.25, 0.3) is 0 Å². The maximum absolute atomic E-state index is 5.10. The molecule has 0 amide bonds. The number of anilines is 1. The number of ether oxygens (including phenoxy) is 1. The first-order chi connectivity index (χ1) is 12.8. The first-order valence-electron chi connectivity index (χ1n) is 9.12. The Bertz CT molecular complexity index is 694. The summed E-state index contributed by atoms with van der Waals surface area (Å²) in [4.78, 5) is 13.8. The number of para-hydroxylation sites is 1. The van der Waals surface area contributed by atoms with Gasteiger partial charge in [-0.15, -0.1) is 0 Å². The van der Waals surface area contributed by atoms with Gasteiger partial charge in [-0.05, 0) is 24.6 Å². The summed E-state index contributed by atoms with van der Waals surface area (Å²) in [6.45, 7) is 7.49. The minimum atomic E-state index is 0.609. The zero-order valence-corrected chi connectivity index (χ0v) is 15.6. The number of nitrogens with one attached hydrogen (secondary N) is 1. The van der Waals surface area contributed by atoms with E-state index in [1.807, 2.05) is 18.3 Å². The molecule has 138 valence electrons. The third-order valence-corrected chi connectivity index (χ3v) is 4.45. The van der Waals surface area contributed by atoms with Gasteiger partial charge in [0.05, 0.1) is 13.7 Å². The van der Waals surface area contributed by atoms with Crippen molar-refractivity contribution in [1.29, 1.82) is 0 Å². The molecular formula is C20H27N5O. The summed E-state index contributed by atoms with van der Waals surface area (Å²) in [5.41, 5.74) is 2.36. The van der Waals surface area contributed by atoms with E-state index in [-0.39, 0.29) is 0 Å². The highest BCUT2D eigenvalue weighted by atomic mass is 16.5. The Balaban J connectivity index is 1.60. The normalized spacial score (nSPS) is 15.1. The van der Waals surface area contributed by atoms with Crippen LogP contribution in [0, 0.1) is 0 Å². The Hall–Kier alpha value is -2.76. The van der Waals surface area contributed by atoms with E-state index in [0.717, 1.165) is 44.2 Å². The molecule has 1 N–H and O–H groups in total. The summed E-state index contributed by atoms with van der Waals surface area (Å²) in [5, 5.41) is 3.41. The second-order valence-electron chi connectivity index (χ2n) is 6.19. The van der Waals surface area contributed by atoms with E-state index in [9.17, 15) is 0 Å². The molecule has 0 bridgehead atoms. The maximum Gasteiger partial charge on any atom is 0.212 e. The molecule has 1 aromatic carbocycles. The first kappa shape index (κ1) is 18.0. The van der Waals surface area contributed by atoms with E-state index < -0.39 is 0 Å². The predicted octanol–water partition coefficient (Wildman–Crippen LogP) is 2.38. The number of methoxy groups -OCH3 is 1. The molecule has 1 aromatic heterocycles. The second-order valence-corrected chi connectivity index (χ2v) is 6.19. The number of pyridine rings is 1. The van der Waals surface area contributed by atoms with Crippen LogP contribution in [0.5, 0.6) is 5.88 Å². The SMILES string of the molecule is CCNC(=NCc1ccc(OC)nc1)N1CCN(c2ccccc2)CC1. The molecular weight excluding hydrogens is 326 g/mol. The quantitative estimate of drug-likeness (QED) is 0.661. The lowest BCUT2D eigenvalue weighted by atomic mass is 10.2. The van der Waals surface area contributed by atoms with Gasteiger partial charge in [-0.3, -0.25) is 0 Å². The summed E-state index contributed by atoms with van der Waals surface area (Å²) in [6.07, 6.45) is 1.82. The van der Waals surface area contributed by atoms with Crippen molar-refractivity contribution in [3.63, 3.8) is 0 Å². The number of hydrogen-bond donors (Lipinski definition) is 1. The lowest BCUT2D eigenvalue weighted by Crippen LogP contribution is -2.52. The van der Waals surface area contributed by atoms with E-state index in [2.05, 4.69) is 57.4 Å². The summed E-state index contributed by atoms with van der Waals surface area (Å²) in [6, 6.07) is 14.5. The molecule has 26 heavy (non-hydrogen) atoms. The van der Waals surface area contributed by atoms with E-state index in [1.54, 1.807) is 7.11 Å². The Morgan fingerprint density at radius 2 is 1.88 bits per heavy atom. The largest absolute Gasteiger partial charge is 0.481 e. The Labute approximate surface area is 155 Å². The van der Waals surface area contributed by atoms with E-state index in [1.165, 1.54) is 5.69 Å². The van der Waals surface area contributed by atoms with Gasteiger partial charge in [-0.1, -0.05) is 24.3 Å². The number of guanidine groups is 1. The van der Waals surface area contributed by atoms with Gasteiger partial charge >= 0.3 is 0 Å². The fourth-order valence-electron chi connectivity index (χ4n) is 3.03. The third kappa shape index (κ3) is 4.65. The molecule has 0 radical (unpaired) electrons. The molecule has 1 fully saturated rings. The van der Waals surface area contributed by atoms with Crippen molar-refractivity contribution in [1.82, 2.24) is 15.2 Å². The highest BCUT2D eigenvalue weighted by Crippen LogP contribution is 2.16. The molecule has 0 unspecified atom stereocenters. The standard InChI is InChI=1S/C20H27N5O/c1-3-21-20(23-16-17-9-10-19(26-2)22-15-17)25-13-11-24(12-14-25)18-7-5-4-6-8-18/h4-10,15H,3,11-14,16H2,1-2H3,(H,21,23). The fourth-order valence-corrected chi connectivity index (χ4v) is 3.03. The smallest absolute Gasteiger partial charge is 0.212 e. The van der Waals surface area contributed by atoms with Crippen LogP contribution in [0.15, 0.2) is 53.7 Å². The summed E-state index contributed by atoms with van der Waals surface area (Å²) in [5.74, 6) is 1.60. The lowest BCUT2D eigenvalue weighted by molar-refractivity contribution is 0.372. The predicted molar refractivity (Wildman–Crippen MR) is 106 cm³/mol. The minimum Gasteiger partial charge on any atom is -0.481 e. The van der Waals surface area contributed by atoms with E-state index in [4.69, 9.17) is 9.73 Å². The highest BCUT2D eigenvalue weighted by molar-refractivity contribution is 5.80. The summed E-state index contributed by atoms with van der Waals surface area (Å²) in [7, 11) is 1.62. The van der Waals surface area contributed by atoms with Crippen LogP contribution in [0.2, 0.25) is 0 Å². The number of aromatic nitrogens is 1. The van der Waals surface area contributed by atoms with Crippen molar-refractivity contribution in [2.75, 3.05) is 44.7 Å². The zero-order chi connectivity index (χ0) is 18.2. The number of nitrogens with zero attached hydrogens (tertiary/aromatic N) is 4. The molecule has 0 spiro atoms. The molecule has 6 heteroatoms. The lowest BCUT2D eigenvalue weighted by Gasteiger charge is -2.37. The van der Waals surface area contributed by atoms with Crippen molar-refractivity contribution in [2.24, 2.45) is 4.99 Å². The zero-order valence-electron chi connectivity index (χ0n) is 15.6. The summed E-state index contributed by atoms with van der Waals surface area (Å²) >= 11 is 0. The van der Waals surface area contributed by atoms with Gasteiger partial charge in [0.15, 0.2) is 5.96 Å².